The van der Waals surface area contributed by atoms with Crippen LogP contribution in [0.2, 0.25) is 0 Å². The average Bonchev–Trinajstić information content (AvgIpc) is 2.69. The fourth-order valence-corrected chi connectivity index (χ4v) is 2.87. The zero-order valence-corrected chi connectivity index (χ0v) is 14.3. The van der Waals surface area contributed by atoms with Gasteiger partial charge in [0.2, 0.25) is 0 Å². The van der Waals surface area contributed by atoms with E-state index in [4.69, 9.17) is 10.5 Å². The number of hydrogen-bond donors (Lipinski definition) is 3. The van der Waals surface area contributed by atoms with Gasteiger partial charge < -0.3 is 15.4 Å². The maximum atomic E-state index is 11.9. The Labute approximate surface area is 140 Å². The molecule has 0 bridgehead atoms. The Morgan fingerprint density at radius 3 is 2.87 bits per heavy atom. The number of ether oxygens (including phenoxy) is 1. The van der Waals surface area contributed by atoms with Crippen molar-refractivity contribution in [2.24, 2.45) is 10.7 Å². The van der Waals surface area contributed by atoms with E-state index in [2.05, 4.69) is 23.0 Å². The van der Waals surface area contributed by atoms with Crippen molar-refractivity contribution in [3.05, 3.63) is 23.0 Å². The second-order valence-electron chi connectivity index (χ2n) is 6.67. The summed E-state index contributed by atoms with van der Waals surface area (Å²) in [5.74, 6) is 0. The number of amides is 1. The van der Waals surface area contributed by atoms with Gasteiger partial charge >= 0.3 is 6.09 Å². The molecule has 1 saturated heterocycles. The Morgan fingerprint density at radius 2 is 2.22 bits per heavy atom. The Kier molecular flexibility index (Phi) is 3.89. The molecule has 0 aromatic carbocycles. The molecular formula is C15H21N5O2S. The quantitative estimate of drug-likeness (QED) is 0.685. The number of nitrogens with one attached hydrogen (secondary N) is 1. The minimum Gasteiger partial charge on any atom is -0.444 e. The molecule has 1 amide bonds. The molecule has 0 spiro atoms. The number of rotatable bonds is 1. The van der Waals surface area contributed by atoms with Gasteiger partial charge in [-0.2, -0.15) is 0 Å². The molecule has 3 rings (SSSR count). The third kappa shape index (κ3) is 3.23. The molecule has 1 fully saturated rings. The van der Waals surface area contributed by atoms with Crippen molar-refractivity contribution in [3.8, 4) is 0 Å². The van der Waals surface area contributed by atoms with Crippen LogP contribution in [0.1, 0.15) is 38.3 Å². The van der Waals surface area contributed by atoms with Crippen molar-refractivity contribution in [2.45, 2.75) is 37.4 Å². The van der Waals surface area contributed by atoms with Crippen LogP contribution >= 0.6 is 12.6 Å². The second kappa shape index (κ2) is 5.61. The van der Waals surface area contributed by atoms with Gasteiger partial charge in [0.05, 0.1) is 11.4 Å². The Balaban J connectivity index is 1.70. The number of hydrogen-bond acceptors (Lipinski definition) is 6. The van der Waals surface area contributed by atoms with Gasteiger partial charge in [0.25, 0.3) is 0 Å². The van der Waals surface area contributed by atoms with Crippen LogP contribution in [0.3, 0.4) is 0 Å². The Bertz CT molecular complexity index is 693. The maximum absolute atomic E-state index is 11.9. The molecule has 3 heterocycles. The third-order valence-corrected chi connectivity index (χ3v) is 3.90. The molecule has 124 valence electrons. The highest BCUT2D eigenvalue weighted by Crippen LogP contribution is 2.29. The molecule has 1 aromatic heterocycles. The van der Waals surface area contributed by atoms with Crippen LogP contribution in [0.5, 0.6) is 0 Å². The van der Waals surface area contributed by atoms with Crippen molar-refractivity contribution in [1.29, 1.82) is 0 Å². The zero-order valence-electron chi connectivity index (χ0n) is 13.4. The minimum absolute atomic E-state index is 0.283. The van der Waals surface area contributed by atoms with Gasteiger partial charge in [-0.15, -0.1) is 12.6 Å². The number of likely N-dealkylation sites (tertiary alicyclic amines) is 1. The zero-order chi connectivity index (χ0) is 16.8. The van der Waals surface area contributed by atoms with Crippen molar-refractivity contribution >= 4 is 31.1 Å². The van der Waals surface area contributed by atoms with E-state index in [1.54, 1.807) is 11.2 Å². The Morgan fingerprint density at radius 1 is 1.52 bits per heavy atom. The lowest BCUT2D eigenvalue weighted by Gasteiger charge is -2.35. The first kappa shape index (κ1) is 15.9. The van der Waals surface area contributed by atoms with Crippen LogP contribution in [0.4, 0.5) is 4.79 Å². The van der Waals surface area contributed by atoms with Gasteiger partial charge in [-0.25, -0.2) is 9.79 Å². The topological polar surface area (TPSA) is 84.9 Å². The van der Waals surface area contributed by atoms with Crippen LogP contribution in [0, 0.1) is 0 Å². The van der Waals surface area contributed by atoms with Gasteiger partial charge in [-0.1, -0.05) is 0 Å². The van der Waals surface area contributed by atoms with E-state index < -0.39 is 11.8 Å². The van der Waals surface area contributed by atoms with Crippen LogP contribution in [0.15, 0.2) is 21.5 Å². The van der Waals surface area contributed by atoms with Crippen molar-refractivity contribution < 1.29 is 9.53 Å². The molecule has 0 radical (unpaired) electrons. The lowest BCUT2D eigenvalue weighted by molar-refractivity contribution is 0.0216. The summed E-state index contributed by atoms with van der Waals surface area (Å²) in [7, 11) is 0. The fraction of sp³-hybridized carbons (Fsp3) is 0.467. The van der Waals surface area contributed by atoms with Gasteiger partial charge in [-0.3, -0.25) is 10.1 Å². The van der Waals surface area contributed by atoms with Crippen molar-refractivity contribution in [3.63, 3.8) is 0 Å². The standard InChI is InChI=1S/C15H21N5O2S/c1-15(2,3)22-14(21)19-6-9(7-19)4-10-5-11(23)12-13(16)17-8-18-20(10)12/h4-5,8,13,23H,6-7,16H2,1-3H3,(H,17,18). The summed E-state index contributed by atoms with van der Waals surface area (Å²) in [4.78, 5) is 18.5. The van der Waals surface area contributed by atoms with E-state index >= 15 is 0 Å². The number of nitrogens with two attached hydrogens (primary N) is 1. The van der Waals surface area contributed by atoms with E-state index in [1.807, 2.05) is 37.6 Å². The number of aromatic nitrogens is 1. The van der Waals surface area contributed by atoms with E-state index in [1.165, 1.54) is 0 Å². The lowest BCUT2D eigenvalue weighted by Crippen LogP contribution is -2.46. The summed E-state index contributed by atoms with van der Waals surface area (Å²) in [6.45, 7) is 6.71. The molecule has 1 aromatic rings. The SMILES string of the molecule is CC(C)(C)OC(=O)N1CC(=Cc2cc(S)c3n2NC=NC3N)C1. The summed E-state index contributed by atoms with van der Waals surface area (Å²) < 4.78 is 7.21. The van der Waals surface area contributed by atoms with Gasteiger partial charge in [0.15, 0.2) is 0 Å². The summed E-state index contributed by atoms with van der Waals surface area (Å²) in [6.07, 6.45) is 2.90. The number of carbonyl (C=O) groups excluding carboxylic acids is 1. The highest BCUT2D eigenvalue weighted by Gasteiger charge is 2.30. The van der Waals surface area contributed by atoms with E-state index in [9.17, 15) is 4.79 Å². The van der Waals surface area contributed by atoms with Crippen LogP contribution < -0.4 is 11.2 Å². The highest BCUT2D eigenvalue weighted by molar-refractivity contribution is 7.80. The molecule has 23 heavy (non-hydrogen) atoms. The molecular weight excluding hydrogens is 314 g/mol. The van der Waals surface area contributed by atoms with Crippen molar-refractivity contribution in [2.75, 3.05) is 18.5 Å². The molecule has 7 nitrogen and oxygen atoms in total. The molecule has 3 N–H and O–H groups in total. The molecule has 1 atom stereocenters. The lowest BCUT2D eigenvalue weighted by atomic mass is 10.1. The number of nitrogens with zero attached hydrogens (tertiary/aromatic N) is 3. The maximum Gasteiger partial charge on any atom is 0.410 e. The molecule has 8 heteroatoms. The Hall–Kier alpha value is -1.93. The molecule has 2 aliphatic rings. The predicted octanol–water partition coefficient (Wildman–Crippen LogP) is 1.95. The first-order valence-corrected chi connectivity index (χ1v) is 7.85. The van der Waals surface area contributed by atoms with E-state index in [-0.39, 0.29) is 6.09 Å². The monoisotopic (exact) mass is 335 g/mol. The number of thiol groups is 1. The van der Waals surface area contributed by atoms with E-state index in [0.29, 0.717) is 13.1 Å². The van der Waals surface area contributed by atoms with Gasteiger partial charge in [0, 0.05) is 18.0 Å². The average molecular weight is 335 g/mol. The van der Waals surface area contributed by atoms with Crippen LogP contribution in [-0.2, 0) is 4.74 Å². The van der Waals surface area contributed by atoms with Gasteiger partial charge in [-0.05, 0) is 38.5 Å². The smallest absolute Gasteiger partial charge is 0.410 e. The first-order valence-electron chi connectivity index (χ1n) is 7.40. The summed E-state index contributed by atoms with van der Waals surface area (Å²) in [5, 5.41) is 0. The minimum atomic E-state index is -0.475. The second-order valence-corrected chi connectivity index (χ2v) is 7.15. The molecule has 0 saturated carbocycles. The number of carbonyl (C=O) groups is 1. The first-order chi connectivity index (χ1) is 10.7. The van der Waals surface area contributed by atoms with Crippen LogP contribution in [0.25, 0.3) is 6.08 Å². The summed E-state index contributed by atoms with van der Waals surface area (Å²) in [6, 6.07) is 1.93. The summed E-state index contributed by atoms with van der Waals surface area (Å²) in [5.41, 5.74) is 11.4. The fourth-order valence-electron chi connectivity index (χ4n) is 2.51. The van der Waals surface area contributed by atoms with Gasteiger partial charge in [0.1, 0.15) is 18.1 Å². The van der Waals surface area contributed by atoms with E-state index in [0.717, 1.165) is 21.9 Å². The molecule has 1 unspecified atom stereocenters. The third-order valence-electron chi connectivity index (χ3n) is 3.54. The largest absolute Gasteiger partial charge is 0.444 e. The number of fused-ring (bicyclic) bond motifs is 1. The van der Waals surface area contributed by atoms with Crippen LogP contribution in [-0.4, -0.2) is 40.7 Å². The van der Waals surface area contributed by atoms with Crippen molar-refractivity contribution in [1.82, 2.24) is 9.58 Å². The number of aliphatic imine (C=N–C) groups is 1. The normalized spacial score (nSPS) is 19.8. The highest BCUT2D eigenvalue weighted by atomic mass is 32.1. The predicted molar refractivity (Wildman–Crippen MR) is 92.2 cm³/mol. The molecule has 2 aliphatic heterocycles. The summed E-state index contributed by atoms with van der Waals surface area (Å²) >= 11 is 4.45. The molecule has 0 aliphatic carbocycles.